The normalized spacial score (nSPS) is 22.8. The second kappa shape index (κ2) is 6.21. The first-order valence-corrected chi connectivity index (χ1v) is 7.79. The van der Waals surface area contributed by atoms with Crippen molar-refractivity contribution in [2.24, 2.45) is 0 Å². The highest BCUT2D eigenvalue weighted by Crippen LogP contribution is 2.14. The fourth-order valence-electron chi connectivity index (χ4n) is 2.50. The Morgan fingerprint density at radius 1 is 0.818 bits per heavy atom. The molecule has 0 aromatic carbocycles. The number of epoxide rings is 2. The second-order valence-electron chi connectivity index (χ2n) is 5.79. The van der Waals surface area contributed by atoms with Crippen LogP contribution < -0.4 is 17.1 Å². The number of rotatable bonds is 8. The second-order valence-corrected chi connectivity index (χ2v) is 5.79. The van der Waals surface area contributed by atoms with Gasteiger partial charge in [-0.05, 0) is 19.3 Å². The summed E-state index contributed by atoms with van der Waals surface area (Å²) < 4.78 is 13.7. The van der Waals surface area contributed by atoms with E-state index in [1.807, 2.05) is 6.92 Å². The molecule has 2 aliphatic rings. The molecule has 0 amide bonds. The Labute approximate surface area is 126 Å². The van der Waals surface area contributed by atoms with Crippen LogP contribution in [0.4, 0.5) is 0 Å². The van der Waals surface area contributed by atoms with Crippen LogP contribution in [0.1, 0.15) is 26.2 Å². The number of hydrogen-bond acceptors (Lipinski definition) is 5. The molecule has 22 heavy (non-hydrogen) atoms. The summed E-state index contributed by atoms with van der Waals surface area (Å²) in [6, 6.07) is 0. The van der Waals surface area contributed by atoms with Crippen molar-refractivity contribution in [3.8, 4) is 0 Å². The molecule has 2 aliphatic heterocycles. The third-order valence-electron chi connectivity index (χ3n) is 3.99. The van der Waals surface area contributed by atoms with Gasteiger partial charge in [-0.3, -0.25) is 0 Å². The molecule has 0 N–H and O–H groups in total. The maximum Gasteiger partial charge on any atom is 0.336 e. The summed E-state index contributed by atoms with van der Waals surface area (Å²) in [5, 5.41) is 0. The third kappa shape index (κ3) is 3.22. The van der Waals surface area contributed by atoms with E-state index >= 15 is 0 Å². The Morgan fingerprint density at radius 3 is 1.50 bits per heavy atom. The van der Waals surface area contributed by atoms with Crippen molar-refractivity contribution in [2.75, 3.05) is 13.2 Å². The van der Waals surface area contributed by atoms with Gasteiger partial charge in [0.25, 0.3) is 0 Å². The van der Waals surface area contributed by atoms with Crippen LogP contribution in [-0.4, -0.2) is 39.1 Å². The number of aromatic nitrogens is 3. The Bertz CT molecular complexity index is 654. The highest BCUT2D eigenvalue weighted by molar-refractivity contribution is 4.82. The predicted octanol–water partition coefficient (Wildman–Crippen LogP) is -0.840. The summed E-state index contributed by atoms with van der Waals surface area (Å²) in [7, 11) is 0. The highest BCUT2D eigenvalue weighted by atomic mass is 16.6. The molecule has 0 spiro atoms. The van der Waals surface area contributed by atoms with Gasteiger partial charge in [0.2, 0.25) is 0 Å². The SMILES string of the molecule is CCCn1c(=O)n(CCC2CO2)c(=O)n(CCC2CO2)c1=O. The van der Waals surface area contributed by atoms with Crippen molar-refractivity contribution in [3.63, 3.8) is 0 Å². The minimum Gasteiger partial charge on any atom is -0.373 e. The van der Waals surface area contributed by atoms with E-state index < -0.39 is 17.1 Å². The smallest absolute Gasteiger partial charge is 0.336 e. The van der Waals surface area contributed by atoms with Crippen LogP contribution in [-0.2, 0) is 29.1 Å². The Morgan fingerprint density at radius 2 is 1.18 bits per heavy atom. The van der Waals surface area contributed by atoms with Gasteiger partial charge in [0, 0.05) is 19.6 Å². The quantitative estimate of drug-likeness (QED) is 0.584. The van der Waals surface area contributed by atoms with Gasteiger partial charge in [0.1, 0.15) is 0 Å². The first kappa shape index (κ1) is 15.2. The number of nitrogens with zero attached hydrogens (tertiary/aromatic N) is 3. The summed E-state index contributed by atoms with van der Waals surface area (Å²) >= 11 is 0. The molecule has 2 fully saturated rings. The fraction of sp³-hybridized carbons (Fsp3) is 0.786. The molecule has 8 heteroatoms. The van der Waals surface area contributed by atoms with Gasteiger partial charge in [-0.25, -0.2) is 28.1 Å². The summed E-state index contributed by atoms with van der Waals surface area (Å²) in [4.78, 5) is 37.2. The van der Waals surface area contributed by atoms with Crippen molar-refractivity contribution in [2.45, 2.75) is 58.0 Å². The summed E-state index contributed by atoms with van der Waals surface area (Å²) in [5.41, 5.74) is -1.56. The van der Waals surface area contributed by atoms with Gasteiger partial charge >= 0.3 is 17.1 Å². The zero-order valence-electron chi connectivity index (χ0n) is 12.7. The molecule has 3 rings (SSSR count). The third-order valence-corrected chi connectivity index (χ3v) is 3.99. The van der Waals surface area contributed by atoms with E-state index in [2.05, 4.69) is 0 Å². The van der Waals surface area contributed by atoms with E-state index in [0.29, 0.717) is 39.0 Å². The molecule has 0 radical (unpaired) electrons. The first-order valence-electron chi connectivity index (χ1n) is 7.79. The van der Waals surface area contributed by atoms with Crippen LogP contribution in [0.15, 0.2) is 14.4 Å². The van der Waals surface area contributed by atoms with Crippen molar-refractivity contribution < 1.29 is 9.47 Å². The first-order chi connectivity index (χ1) is 10.6. The predicted molar refractivity (Wildman–Crippen MR) is 78.2 cm³/mol. The van der Waals surface area contributed by atoms with Crippen LogP contribution in [0.2, 0.25) is 0 Å². The van der Waals surface area contributed by atoms with Crippen molar-refractivity contribution in [1.82, 2.24) is 13.7 Å². The van der Waals surface area contributed by atoms with Crippen LogP contribution >= 0.6 is 0 Å². The van der Waals surface area contributed by atoms with Gasteiger partial charge in [0.05, 0.1) is 25.4 Å². The molecule has 2 unspecified atom stereocenters. The van der Waals surface area contributed by atoms with E-state index in [-0.39, 0.29) is 25.3 Å². The van der Waals surface area contributed by atoms with E-state index in [0.717, 1.165) is 13.7 Å². The molecule has 1 aromatic rings. The van der Waals surface area contributed by atoms with E-state index in [1.54, 1.807) is 0 Å². The summed E-state index contributed by atoms with van der Waals surface area (Å²) in [6.45, 7) is 4.13. The van der Waals surface area contributed by atoms with Gasteiger partial charge in [0.15, 0.2) is 0 Å². The molecule has 0 aliphatic carbocycles. The van der Waals surface area contributed by atoms with E-state index in [4.69, 9.17) is 9.47 Å². The van der Waals surface area contributed by atoms with Gasteiger partial charge in [-0.1, -0.05) is 6.92 Å². The lowest BCUT2D eigenvalue weighted by molar-refractivity contribution is 0.357. The summed E-state index contributed by atoms with van der Waals surface area (Å²) in [6.07, 6.45) is 2.15. The van der Waals surface area contributed by atoms with E-state index in [9.17, 15) is 14.4 Å². The Kier molecular flexibility index (Phi) is 4.30. The largest absolute Gasteiger partial charge is 0.373 e. The molecule has 1 aromatic heterocycles. The lowest BCUT2D eigenvalue weighted by Crippen LogP contribution is -2.54. The van der Waals surface area contributed by atoms with Crippen LogP contribution in [0.25, 0.3) is 0 Å². The zero-order valence-corrected chi connectivity index (χ0v) is 12.7. The van der Waals surface area contributed by atoms with Crippen molar-refractivity contribution >= 4 is 0 Å². The number of ether oxygens (including phenoxy) is 2. The molecular weight excluding hydrogens is 290 g/mol. The lowest BCUT2D eigenvalue weighted by Gasteiger charge is -2.13. The molecule has 0 saturated carbocycles. The minimum absolute atomic E-state index is 0.131. The molecule has 3 heterocycles. The standard InChI is InChI=1S/C14H21N3O5/c1-2-5-15-12(18)16(6-3-10-8-21-10)14(20)17(13(15)19)7-4-11-9-22-11/h10-11H,2-9H2,1H3. The lowest BCUT2D eigenvalue weighted by atomic mass is 10.3. The fourth-order valence-corrected chi connectivity index (χ4v) is 2.50. The maximum atomic E-state index is 12.5. The average Bonchev–Trinajstić information content (AvgIpc) is 3.36. The van der Waals surface area contributed by atoms with Crippen molar-refractivity contribution in [1.29, 1.82) is 0 Å². The molecular formula is C14H21N3O5. The highest BCUT2D eigenvalue weighted by Gasteiger charge is 2.25. The Hall–Kier alpha value is -1.67. The molecule has 2 saturated heterocycles. The molecule has 122 valence electrons. The van der Waals surface area contributed by atoms with Crippen LogP contribution in [0.3, 0.4) is 0 Å². The summed E-state index contributed by atoms with van der Waals surface area (Å²) in [5.74, 6) is 0. The van der Waals surface area contributed by atoms with Crippen LogP contribution in [0, 0.1) is 0 Å². The van der Waals surface area contributed by atoms with Crippen molar-refractivity contribution in [3.05, 3.63) is 31.5 Å². The molecule has 2 atom stereocenters. The molecule has 8 nitrogen and oxygen atoms in total. The van der Waals surface area contributed by atoms with E-state index in [1.165, 1.54) is 0 Å². The maximum absolute atomic E-state index is 12.5. The number of hydrogen-bond donors (Lipinski definition) is 0. The zero-order chi connectivity index (χ0) is 15.7. The minimum atomic E-state index is -0.524. The monoisotopic (exact) mass is 311 g/mol. The van der Waals surface area contributed by atoms with Gasteiger partial charge in [-0.15, -0.1) is 0 Å². The topological polar surface area (TPSA) is 91.1 Å². The van der Waals surface area contributed by atoms with Crippen LogP contribution in [0.5, 0.6) is 0 Å². The van der Waals surface area contributed by atoms with Gasteiger partial charge < -0.3 is 9.47 Å². The Balaban J connectivity index is 1.95. The molecule has 0 bridgehead atoms. The van der Waals surface area contributed by atoms with Gasteiger partial charge in [-0.2, -0.15) is 0 Å². The average molecular weight is 311 g/mol.